The van der Waals surface area contributed by atoms with Crippen molar-refractivity contribution in [3.8, 4) is 5.75 Å². The van der Waals surface area contributed by atoms with E-state index in [1.165, 1.54) is 30.4 Å². The molecule has 146 valence electrons. The normalized spacial score (nSPS) is 21.2. The average molecular weight is 381 g/mol. The van der Waals surface area contributed by atoms with Crippen LogP contribution in [0.2, 0.25) is 0 Å². The molecule has 28 heavy (non-hydrogen) atoms. The van der Waals surface area contributed by atoms with E-state index in [0.29, 0.717) is 5.56 Å². The number of hydrogen-bond donors (Lipinski definition) is 0. The van der Waals surface area contributed by atoms with Crippen LogP contribution in [-0.4, -0.2) is 49.0 Å². The lowest BCUT2D eigenvalue weighted by molar-refractivity contribution is -0.385. The predicted octanol–water partition coefficient (Wildman–Crippen LogP) is 3.36. The molecule has 2 aliphatic rings. The quantitative estimate of drug-likeness (QED) is 0.602. The highest BCUT2D eigenvalue weighted by Crippen LogP contribution is 2.45. The molecule has 0 N–H and O–H groups in total. The zero-order valence-corrected chi connectivity index (χ0v) is 16.2. The SMILES string of the molecule is COc1ccc(C(=O)N2c3ccc(C)cc3[C@@H]3CN(C)CC[C@@H]32)cc1[N+](=O)[O-]. The Hall–Kier alpha value is -2.93. The van der Waals surface area contributed by atoms with Crippen LogP contribution < -0.4 is 9.64 Å². The Balaban J connectivity index is 1.77. The van der Waals surface area contributed by atoms with Crippen LogP contribution in [0.4, 0.5) is 11.4 Å². The number of amides is 1. The Morgan fingerprint density at radius 2 is 2.04 bits per heavy atom. The number of hydrogen-bond acceptors (Lipinski definition) is 5. The third-order valence-corrected chi connectivity index (χ3v) is 5.79. The van der Waals surface area contributed by atoms with E-state index in [1.54, 1.807) is 6.07 Å². The number of piperidine rings is 1. The van der Waals surface area contributed by atoms with Gasteiger partial charge in [-0.05, 0) is 50.7 Å². The van der Waals surface area contributed by atoms with Gasteiger partial charge < -0.3 is 14.5 Å². The topological polar surface area (TPSA) is 75.9 Å². The molecule has 2 aromatic carbocycles. The largest absolute Gasteiger partial charge is 0.490 e. The van der Waals surface area contributed by atoms with Crippen molar-refractivity contribution in [2.75, 3.05) is 32.1 Å². The first-order valence-electron chi connectivity index (χ1n) is 9.35. The van der Waals surface area contributed by atoms with Crippen molar-refractivity contribution in [1.82, 2.24) is 4.90 Å². The highest BCUT2D eigenvalue weighted by atomic mass is 16.6. The van der Waals surface area contributed by atoms with Crippen LogP contribution in [-0.2, 0) is 0 Å². The molecule has 0 radical (unpaired) electrons. The molecule has 0 bridgehead atoms. The van der Waals surface area contributed by atoms with Gasteiger partial charge in [0.1, 0.15) is 0 Å². The van der Waals surface area contributed by atoms with Gasteiger partial charge >= 0.3 is 5.69 Å². The minimum atomic E-state index is -0.519. The maximum atomic E-state index is 13.5. The van der Waals surface area contributed by atoms with Crippen LogP contribution >= 0.6 is 0 Å². The molecule has 2 atom stereocenters. The monoisotopic (exact) mass is 381 g/mol. The summed E-state index contributed by atoms with van der Waals surface area (Å²) in [5, 5.41) is 11.4. The van der Waals surface area contributed by atoms with Gasteiger partial charge in [-0.2, -0.15) is 0 Å². The maximum absolute atomic E-state index is 13.5. The molecule has 0 spiro atoms. The van der Waals surface area contributed by atoms with Gasteiger partial charge in [-0.3, -0.25) is 14.9 Å². The molecule has 7 nitrogen and oxygen atoms in total. The van der Waals surface area contributed by atoms with Crippen LogP contribution in [0.25, 0.3) is 0 Å². The van der Waals surface area contributed by atoms with E-state index in [-0.39, 0.29) is 29.3 Å². The molecule has 7 heteroatoms. The molecule has 0 unspecified atom stereocenters. The fourth-order valence-electron chi connectivity index (χ4n) is 4.45. The molecule has 2 heterocycles. The van der Waals surface area contributed by atoms with Gasteiger partial charge in [-0.15, -0.1) is 0 Å². The lowest BCUT2D eigenvalue weighted by atomic mass is 9.88. The summed E-state index contributed by atoms with van der Waals surface area (Å²) in [5.74, 6) is 0.204. The van der Waals surface area contributed by atoms with Crippen molar-refractivity contribution in [3.63, 3.8) is 0 Å². The number of rotatable bonds is 3. The summed E-state index contributed by atoms with van der Waals surface area (Å²) in [5.41, 5.74) is 3.38. The van der Waals surface area contributed by atoms with Crippen molar-refractivity contribution in [2.45, 2.75) is 25.3 Å². The number of ether oxygens (including phenoxy) is 1. The van der Waals surface area contributed by atoms with Gasteiger partial charge in [0.05, 0.1) is 12.0 Å². The Kier molecular flexibility index (Phi) is 4.55. The summed E-state index contributed by atoms with van der Waals surface area (Å²) in [7, 11) is 3.48. The lowest BCUT2D eigenvalue weighted by Gasteiger charge is -2.36. The molecule has 4 rings (SSSR count). The number of carbonyl (C=O) groups is 1. The van der Waals surface area contributed by atoms with Crippen molar-refractivity contribution in [1.29, 1.82) is 0 Å². The number of likely N-dealkylation sites (N-methyl/N-ethyl adjacent to an activating group) is 1. The van der Waals surface area contributed by atoms with Gasteiger partial charge in [0.15, 0.2) is 5.75 Å². The Morgan fingerprint density at radius 3 is 2.75 bits per heavy atom. The fourth-order valence-corrected chi connectivity index (χ4v) is 4.45. The smallest absolute Gasteiger partial charge is 0.311 e. The van der Waals surface area contributed by atoms with E-state index >= 15 is 0 Å². The number of benzene rings is 2. The summed E-state index contributed by atoms with van der Waals surface area (Å²) < 4.78 is 5.06. The number of nitrogens with zero attached hydrogens (tertiary/aromatic N) is 3. The second-order valence-corrected chi connectivity index (χ2v) is 7.61. The van der Waals surface area contributed by atoms with Gasteiger partial charge in [0.25, 0.3) is 5.91 Å². The van der Waals surface area contributed by atoms with Crippen molar-refractivity contribution >= 4 is 17.3 Å². The zero-order chi connectivity index (χ0) is 20.0. The Labute approximate surface area is 163 Å². The Morgan fingerprint density at radius 1 is 1.25 bits per heavy atom. The van der Waals surface area contributed by atoms with E-state index in [4.69, 9.17) is 4.74 Å². The number of aryl methyl sites for hydroxylation is 1. The number of methoxy groups -OCH3 is 1. The summed E-state index contributed by atoms with van der Waals surface area (Å²) in [4.78, 5) is 28.4. The van der Waals surface area contributed by atoms with Crippen LogP contribution in [0.3, 0.4) is 0 Å². The fraction of sp³-hybridized carbons (Fsp3) is 0.381. The zero-order valence-electron chi connectivity index (χ0n) is 16.2. The molecule has 0 aliphatic carbocycles. The minimum absolute atomic E-state index is 0.0710. The lowest BCUT2D eigenvalue weighted by Crippen LogP contribution is -2.47. The van der Waals surface area contributed by atoms with Crippen LogP contribution in [0.1, 0.15) is 33.8 Å². The summed E-state index contributed by atoms with van der Waals surface area (Å²) in [6, 6.07) is 10.7. The predicted molar refractivity (Wildman–Crippen MR) is 106 cm³/mol. The molecule has 0 aromatic heterocycles. The van der Waals surface area contributed by atoms with Crippen LogP contribution in [0.5, 0.6) is 5.75 Å². The van der Waals surface area contributed by atoms with Gasteiger partial charge in [-0.1, -0.05) is 17.7 Å². The average Bonchev–Trinajstić information content (AvgIpc) is 2.99. The summed E-state index contributed by atoms with van der Waals surface area (Å²) in [6.07, 6.45) is 0.874. The maximum Gasteiger partial charge on any atom is 0.311 e. The minimum Gasteiger partial charge on any atom is -0.490 e. The number of likely N-dealkylation sites (tertiary alicyclic amines) is 1. The first kappa shape index (κ1) is 18.4. The second-order valence-electron chi connectivity index (χ2n) is 7.61. The van der Waals surface area contributed by atoms with E-state index in [0.717, 1.165) is 25.2 Å². The number of anilines is 1. The standard InChI is InChI=1S/C21H23N3O4/c1-13-4-6-17-15(10-13)16-12-22(2)9-8-18(16)23(17)21(25)14-5-7-20(28-3)19(11-14)24(26)27/h4-7,10-11,16,18H,8-9,12H2,1-3H3/t16-,18-/m0/s1. The highest BCUT2D eigenvalue weighted by Gasteiger charge is 2.44. The first-order chi connectivity index (χ1) is 13.4. The molecule has 1 fully saturated rings. The van der Waals surface area contributed by atoms with Gasteiger partial charge in [0.2, 0.25) is 0 Å². The number of nitro benzene ring substituents is 1. The molecular formula is C21H23N3O4. The van der Waals surface area contributed by atoms with Crippen LogP contribution in [0.15, 0.2) is 36.4 Å². The Bertz CT molecular complexity index is 959. The first-order valence-corrected chi connectivity index (χ1v) is 9.35. The van der Waals surface area contributed by atoms with Crippen molar-refractivity contribution in [2.24, 2.45) is 0 Å². The third-order valence-electron chi connectivity index (χ3n) is 5.79. The molecule has 2 aliphatic heterocycles. The molecular weight excluding hydrogens is 358 g/mol. The van der Waals surface area contributed by atoms with Crippen molar-refractivity contribution < 1.29 is 14.5 Å². The highest BCUT2D eigenvalue weighted by molar-refractivity contribution is 6.08. The van der Waals surface area contributed by atoms with E-state index < -0.39 is 4.92 Å². The third kappa shape index (κ3) is 2.92. The summed E-state index contributed by atoms with van der Waals surface area (Å²) >= 11 is 0. The molecule has 2 aromatic rings. The van der Waals surface area contributed by atoms with Crippen LogP contribution in [0, 0.1) is 17.0 Å². The van der Waals surface area contributed by atoms with E-state index in [9.17, 15) is 14.9 Å². The molecule has 1 amide bonds. The number of carbonyl (C=O) groups excluding carboxylic acids is 1. The van der Waals surface area contributed by atoms with E-state index in [2.05, 4.69) is 24.9 Å². The molecule has 0 saturated carbocycles. The number of nitro groups is 1. The van der Waals surface area contributed by atoms with Gasteiger partial charge in [0, 0.05) is 35.8 Å². The summed E-state index contributed by atoms with van der Waals surface area (Å²) in [6.45, 7) is 3.87. The molecule has 1 saturated heterocycles. The van der Waals surface area contributed by atoms with Gasteiger partial charge in [-0.25, -0.2) is 0 Å². The second kappa shape index (κ2) is 6.91. The van der Waals surface area contributed by atoms with Crippen molar-refractivity contribution in [3.05, 3.63) is 63.2 Å². The number of fused-ring (bicyclic) bond motifs is 3. The van der Waals surface area contributed by atoms with E-state index in [1.807, 2.05) is 17.0 Å².